The molecule has 0 fully saturated rings. The number of thioether (sulfide) groups is 1. The molecule has 0 spiro atoms. The molecule has 0 aromatic heterocycles. The summed E-state index contributed by atoms with van der Waals surface area (Å²) in [4.78, 5) is 0. The Bertz CT molecular complexity index is 387. The zero-order valence-corrected chi connectivity index (χ0v) is 14.6. The first kappa shape index (κ1) is 17.6. The Morgan fingerprint density at radius 1 is 1.10 bits per heavy atom. The molecule has 1 nitrogen and oxygen atoms in total. The standard InChI is InChI=1S/C18H31NS/c1-6-9-19-18(13-20-12-14(2)3)11-17-8-7-15(4)16(5)10-17/h7-8,10,14,18-19H,6,9,11-13H2,1-5H3. The Kier molecular flexibility index (Phi) is 8.32. The minimum Gasteiger partial charge on any atom is -0.313 e. The van der Waals surface area contributed by atoms with Crippen molar-refractivity contribution in [3.63, 3.8) is 0 Å². The summed E-state index contributed by atoms with van der Waals surface area (Å²) in [5.41, 5.74) is 4.26. The van der Waals surface area contributed by atoms with Crippen molar-refractivity contribution in [3.8, 4) is 0 Å². The monoisotopic (exact) mass is 293 g/mol. The summed E-state index contributed by atoms with van der Waals surface area (Å²) in [6.45, 7) is 12.3. The molecule has 1 unspecified atom stereocenters. The Labute approximate surface area is 129 Å². The maximum absolute atomic E-state index is 3.70. The van der Waals surface area contributed by atoms with Crippen LogP contribution >= 0.6 is 11.8 Å². The first-order chi connectivity index (χ1) is 9.52. The predicted molar refractivity (Wildman–Crippen MR) is 93.9 cm³/mol. The highest BCUT2D eigenvalue weighted by Gasteiger charge is 2.10. The number of hydrogen-bond acceptors (Lipinski definition) is 2. The van der Waals surface area contributed by atoms with E-state index in [-0.39, 0.29) is 0 Å². The molecule has 0 aliphatic rings. The minimum absolute atomic E-state index is 0.598. The van der Waals surface area contributed by atoms with Crippen LogP contribution in [0.2, 0.25) is 0 Å². The van der Waals surface area contributed by atoms with Crippen molar-refractivity contribution in [2.45, 2.75) is 53.5 Å². The van der Waals surface area contributed by atoms with Crippen LogP contribution in [-0.2, 0) is 6.42 Å². The molecular weight excluding hydrogens is 262 g/mol. The first-order valence-corrected chi connectivity index (χ1v) is 9.05. The van der Waals surface area contributed by atoms with Gasteiger partial charge in [-0.05, 0) is 61.6 Å². The van der Waals surface area contributed by atoms with Crippen LogP contribution in [0.3, 0.4) is 0 Å². The fourth-order valence-corrected chi connectivity index (χ4v) is 3.33. The molecule has 0 aliphatic heterocycles. The van der Waals surface area contributed by atoms with E-state index in [9.17, 15) is 0 Å². The number of nitrogens with one attached hydrogen (secondary N) is 1. The lowest BCUT2D eigenvalue weighted by atomic mass is 10.0. The van der Waals surface area contributed by atoms with E-state index in [0.29, 0.717) is 6.04 Å². The highest BCUT2D eigenvalue weighted by atomic mass is 32.2. The molecule has 1 aromatic rings. The van der Waals surface area contributed by atoms with Crippen molar-refractivity contribution in [3.05, 3.63) is 34.9 Å². The lowest BCUT2D eigenvalue weighted by Gasteiger charge is -2.19. The molecular formula is C18H31NS. The van der Waals surface area contributed by atoms with Gasteiger partial charge in [-0.1, -0.05) is 39.0 Å². The number of rotatable bonds is 9. The van der Waals surface area contributed by atoms with E-state index in [4.69, 9.17) is 0 Å². The van der Waals surface area contributed by atoms with Crippen molar-refractivity contribution in [2.75, 3.05) is 18.1 Å². The summed E-state index contributed by atoms with van der Waals surface area (Å²) in [6.07, 6.45) is 2.35. The average Bonchev–Trinajstić information content (AvgIpc) is 2.39. The highest BCUT2D eigenvalue weighted by Crippen LogP contribution is 2.15. The highest BCUT2D eigenvalue weighted by molar-refractivity contribution is 7.99. The lowest BCUT2D eigenvalue weighted by Crippen LogP contribution is -2.34. The van der Waals surface area contributed by atoms with Gasteiger partial charge < -0.3 is 5.32 Å². The largest absolute Gasteiger partial charge is 0.313 e. The Balaban J connectivity index is 2.55. The van der Waals surface area contributed by atoms with E-state index in [1.165, 1.54) is 34.6 Å². The summed E-state index contributed by atoms with van der Waals surface area (Å²) < 4.78 is 0. The zero-order valence-electron chi connectivity index (χ0n) is 13.8. The predicted octanol–water partition coefficient (Wildman–Crippen LogP) is 4.60. The maximum atomic E-state index is 3.70. The summed E-state index contributed by atoms with van der Waals surface area (Å²) in [5.74, 6) is 3.26. The quantitative estimate of drug-likeness (QED) is 0.714. The second-order valence-corrected chi connectivity index (χ2v) is 7.28. The van der Waals surface area contributed by atoms with Crippen LogP contribution in [0, 0.1) is 19.8 Å². The van der Waals surface area contributed by atoms with Crippen molar-refractivity contribution in [2.24, 2.45) is 5.92 Å². The third-order valence-corrected chi connectivity index (χ3v) is 5.05. The molecule has 0 radical (unpaired) electrons. The summed E-state index contributed by atoms with van der Waals surface area (Å²) in [5, 5.41) is 3.70. The molecule has 0 amide bonds. The number of hydrogen-bond donors (Lipinski definition) is 1. The van der Waals surface area contributed by atoms with Crippen LogP contribution in [0.15, 0.2) is 18.2 Å². The number of aryl methyl sites for hydroxylation is 2. The smallest absolute Gasteiger partial charge is 0.0198 e. The van der Waals surface area contributed by atoms with Crippen molar-refractivity contribution in [1.29, 1.82) is 0 Å². The Morgan fingerprint density at radius 2 is 1.85 bits per heavy atom. The second-order valence-electron chi connectivity index (χ2n) is 6.21. The van der Waals surface area contributed by atoms with Gasteiger partial charge in [0.15, 0.2) is 0 Å². The SMILES string of the molecule is CCCNC(CSCC(C)C)Cc1ccc(C)c(C)c1. The van der Waals surface area contributed by atoms with Crippen molar-refractivity contribution in [1.82, 2.24) is 5.32 Å². The summed E-state index contributed by atoms with van der Waals surface area (Å²) in [6, 6.07) is 7.49. The van der Waals surface area contributed by atoms with Crippen LogP contribution in [0.5, 0.6) is 0 Å². The van der Waals surface area contributed by atoms with Gasteiger partial charge in [0.25, 0.3) is 0 Å². The van der Waals surface area contributed by atoms with Gasteiger partial charge in [-0.3, -0.25) is 0 Å². The van der Waals surface area contributed by atoms with Gasteiger partial charge in [-0.25, -0.2) is 0 Å². The maximum Gasteiger partial charge on any atom is 0.0198 e. The van der Waals surface area contributed by atoms with Gasteiger partial charge in [0.05, 0.1) is 0 Å². The molecule has 1 N–H and O–H groups in total. The third kappa shape index (κ3) is 6.81. The summed E-state index contributed by atoms with van der Waals surface area (Å²) >= 11 is 2.08. The van der Waals surface area contributed by atoms with Gasteiger partial charge in [-0.15, -0.1) is 0 Å². The lowest BCUT2D eigenvalue weighted by molar-refractivity contribution is 0.549. The number of benzene rings is 1. The first-order valence-electron chi connectivity index (χ1n) is 7.90. The van der Waals surface area contributed by atoms with E-state index in [1.54, 1.807) is 0 Å². The molecule has 0 heterocycles. The second kappa shape index (κ2) is 9.46. The molecule has 1 rings (SSSR count). The average molecular weight is 294 g/mol. The minimum atomic E-state index is 0.598. The fraction of sp³-hybridized carbons (Fsp3) is 0.667. The van der Waals surface area contributed by atoms with Crippen LogP contribution in [-0.4, -0.2) is 24.1 Å². The van der Waals surface area contributed by atoms with Crippen molar-refractivity contribution >= 4 is 11.8 Å². The van der Waals surface area contributed by atoms with Crippen molar-refractivity contribution < 1.29 is 0 Å². The van der Waals surface area contributed by atoms with E-state index in [0.717, 1.165) is 18.9 Å². The van der Waals surface area contributed by atoms with Gasteiger partial charge >= 0.3 is 0 Å². The fourth-order valence-electron chi connectivity index (χ4n) is 2.20. The molecule has 0 saturated heterocycles. The van der Waals surface area contributed by atoms with Gasteiger partial charge in [0.2, 0.25) is 0 Å². The summed E-state index contributed by atoms with van der Waals surface area (Å²) in [7, 11) is 0. The Hall–Kier alpha value is -0.470. The van der Waals surface area contributed by atoms with E-state index in [2.05, 4.69) is 69.9 Å². The van der Waals surface area contributed by atoms with Crippen LogP contribution in [0.4, 0.5) is 0 Å². The zero-order chi connectivity index (χ0) is 15.0. The van der Waals surface area contributed by atoms with Crippen LogP contribution in [0.25, 0.3) is 0 Å². The van der Waals surface area contributed by atoms with E-state index < -0.39 is 0 Å². The van der Waals surface area contributed by atoms with Crippen LogP contribution in [0.1, 0.15) is 43.9 Å². The Morgan fingerprint density at radius 3 is 2.45 bits per heavy atom. The molecule has 1 aromatic carbocycles. The molecule has 114 valence electrons. The molecule has 0 saturated carbocycles. The van der Waals surface area contributed by atoms with E-state index >= 15 is 0 Å². The molecule has 0 aliphatic carbocycles. The van der Waals surface area contributed by atoms with Gasteiger partial charge in [-0.2, -0.15) is 11.8 Å². The van der Waals surface area contributed by atoms with Gasteiger partial charge in [0, 0.05) is 11.8 Å². The van der Waals surface area contributed by atoms with Gasteiger partial charge in [0.1, 0.15) is 0 Å². The molecule has 0 bridgehead atoms. The third-order valence-electron chi connectivity index (χ3n) is 3.51. The normalized spacial score (nSPS) is 12.9. The molecule has 20 heavy (non-hydrogen) atoms. The molecule has 1 atom stereocenters. The van der Waals surface area contributed by atoms with E-state index in [1.807, 2.05) is 0 Å². The molecule has 2 heteroatoms. The van der Waals surface area contributed by atoms with Crippen LogP contribution < -0.4 is 5.32 Å². The topological polar surface area (TPSA) is 12.0 Å².